The molecule has 0 radical (unpaired) electrons. The highest BCUT2D eigenvalue weighted by Crippen LogP contribution is 2.40. The second-order valence-corrected chi connectivity index (χ2v) is 10.2. The number of aliphatic hydroxyl groups is 1. The van der Waals surface area contributed by atoms with Crippen LogP contribution in [0.3, 0.4) is 0 Å². The Morgan fingerprint density at radius 2 is 1.76 bits per heavy atom. The third kappa shape index (κ3) is 6.90. The lowest BCUT2D eigenvalue weighted by molar-refractivity contribution is -0.303. The number of anilines is 1. The van der Waals surface area contributed by atoms with E-state index in [0.717, 1.165) is 0 Å². The number of benzene rings is 1. The van der Waals surface area contributed by atoms with Crippen LogP contribution in [0.1, 0.15) is 26.9 Å². The van der Waals surface area contributed by atoms with Crippen molar-refractivity contribution < 1.29 is 48.2 Å². The zero-order chi connectivity index (χ0) is 32.8. The summed E-state index contributed by atoms with van der Waals surface area (Å²) in [5.41, 5.74) is 5.82. The number of H-pyrrole nitrogens is 1. The molecule has 46 heavy (non-hydrogen) atoms. The molecule has 2 fully saturated rings. The van der Waals surface area contributed by atoms with E-state index in [2.05, 4.69) is 16.9 Å². The van der Waals surface area contributed by atoms with Gasteiger partial charge in [0.2, 0.25) is 0 Å². The highest BCUT2D eigenvalue weighted by atomic mass is 17.2. The average Bonchev–Trinajstić information content (AvgIpc) is 3.70. The lowest BCUT2D eigenvalue weighted by Crippen LogP contribution is -2.34. The SMILES string of the molecule is C=CCn1c(=O)n([C@@H]2O[C@H](CO)[C@H]3OC(COCCOOCCOC(=O)c4ccc(C(=O)NC)cc4)O[C@H]32)c2cc(N)[nH]c(=O)c21. The van der Waals surface area contributed by atoms with Crippen LogP contribution in [0, 0.1) is 0 Å². The van der Waals surface area contributed by atoms with Crippen LogP contribution in [-0.4, -0.2) is 102 Å². The standard InChI is InChI=1S/C29H35N5O12/c1-3-8-33-22-18(13-20(30)32-26(22)37)34(29(33)39)27-24-23(19(14-35)44-27)45-21(46-24)15-40-9-11-42-43-12-10-41-28(38)17-6-4-16(5-7-17)25(36)31-2/h3-7,13,19,21,23-24,27,35H,1,8-12,14-15H2,2H3,(H,31,36)(H3,30,32,37)/t19-,21?,23-,24-,27-/m1/s1. The maximum Gasteiger partial charge on any atom is 0.338 e. The summed E-state index contributed by atoms with van der Waals surface area (Å²) in [7, 11) is 1.52. The van der Waals surface area contributed by atoms with Crippen molar-refractivity contribution in [3.8, 4) is 0 Å². The summed E-state index contributed by atoms with van der Waals surface area (Å²) in [5.74, 6) is -0.774. The molecule has 1 unspecified atom stereocenters. The van der Waals surface area contributed by atoms with Crippen molar-refractivity contribution >= 4 is 28.7 Å². The summed E-state index contributed by atoms with van der Waals surface area (Å²) in [6, 6.07) is 7.48. The fourth-order valence-corrected chi connectivity index (χ4v) is 5.25. The van der Waals surface area contributed by atoms with Gasteiger partial charge in [0.05, 0.1) is 30.9 Å². The first-order valence-corrected chi connectivity index (χ1v) is 14.4. The Morgan fingerprint density at radius 3 is 2.46 bits per heavy atom. The van der Waals surface area contributed by atoms with Gasteiger partial charge in [-0.2, -0.15) is 0 Å². The number of allylic oxidation sites excluding steroid dienone is 1. The van der Waals surface area contributed by atoms with Crippen LogP contribution in [0.2, 0.25) is 0 Å². The van der Waals surface area contributed by atoms with Gasteiger partial charge in [0, 0.05) is 25.2 Å². The van der Waals surface area contributed by atoms with Crippen LogP contribution in [0.4, 0.5) is 5.82 Å². The summed E-state index contributed by atoms with van der Waals surface area (Å²) >= 11 is 0. The van der Waals surface area contributed by atoms with Gasteiger partial charge in [0.1, 0.15) is 49.5 Å². The number of aromatic nitrogens is 3. The Kier molecular flexibility index (Phi) is 10.6. The van der Waals surface area contributed by atoms with E-state index in [1.54, 1.807) is 0 Å². The first-order valence-electron chi connectivity index (χ1n) is 14.4. The zero-order valence-corrected chi connectivity index (χ0v) is 24.9. The van der Waals surface area contributed by atoms with Crippen LogP contribution < -0.4 is 22.3 Å². The van der Waals surface area contributed by atoms with Crippen LogP contribution >= 0.6 is 0 Å². The monoisotopic (exact) mass is 645 g/mol. The lowest BCUT2D eigenvalue weighted by Gasteiger charge is -2.20. The van der Waals surface area contributed by atoms with Crippen molar-refractivity contribution in [3.63, 3.8) is 0 Å². The fraction of sp³-hybridized carbons (Fsp3) is 0.448. The third-order valence-corrected chi connectivity index (χ3v) is 7.28. The minimum absolute atomic E-state index is 0.00269. The van der Waals surface area contributed by atoms with E-state index < -0.39 is 54.7 Å². The molecule has 17 nitrogen and oxygen atoms in total. The van der Waals surface area contributed by atoms with E-state index >= 15 is 0 Å². The number of amides is 1. The van der Waals surface area contributed by atoms with Gasteiger partial charge in [0.15, 0.2) is 12.5 Å². The number of fused-ring (bicyclic) bond motifs is 2. The Morgan fingerprint density at radius 1 is 1.07 bits per heavy atom. The molecule has 17 heteroatoms. The molecule has 5 N–H and O–H groups in total. The van der Waals surface area contributed by atoms with Crippen molar-refractivity contribution in [1.82, 2.24) is 19.4 Å². The number of nitrogen functional groups attached to an aromatic ring is 1. The molecule has 5 atom stereocenters. The number of carbonyl (C=O) groups excluding carboxylic acids is 2. The first kappa shape index (κ1) is 33.0. The molecular formula is C29H35N5O12. The summed E-state index contributed by atoms with van der Waals surface area (Å²) in [4.78, 5) is 62.4. The number of rotatable bonds is 15. The molecule has 1 aromatic carbocycles. The number of nitrogens with zero attached hydrogens (tertiary/aromatic N) is 2. The molecule has 5 rings (SSSR count). The van der Waals surface area contributed by atoms with Crippen molar-refractivity contribution in [1.29, 1.82) is 0 Å². The fourth-order valence-electron chi connectivity index (χ4n) is 5.25. The molecule has 0 aliphatic carbocycles. The summed E-state index contributed by atoms with van der Waals surface area (Å²) in [6.07, 6.45) is -2.71. The topological polar surface area (TPSA) is 217 Å². The Balaban J connectivity index is 1.07. The molecule has 0 saturated carbocycles. The quantitative estimate of drug-likeness (QED) is 0.0537. The number of ether oxygens (including phenoxy) is 5. The molecule has 3 aromatic rings. The van der Waals surface area contributed by atoms with Crippen LogP contribution in [0.25, 0.3) is 11.0 Å². The number of carbonyl (C=O) groups is 2. The van der Waals surface area contributed by atoms with Crippen LogP contribution in [-0.2, 0) is 40.0 Å². The molecular weight excluding hydrogens is 610 g/mol. The minimum atomic E-state index is -1.03. The van der Waals surface area contributed by atoms with Crippen molar-refractivity contribution in [2.75, 3.05) is 52.4 Å². The normalized spacial score (nSPS) is 22.2. The predicted molar refractivity (Wildman–Crippen MR) is 159 cm³/mol. The van der Waals surface area contributed by atoms with Crippen molar-refractivity contribution in [2.24, 2.45) is 0 Å². The second-order valence-electron chi connectivity index (χ2n) is 10.2. The highest BCUT2D eigenvalue weighted by molar-refractivity contribution is 5.96. The van der Waals surface area contributed by atoms with Crippen molar-refractivity contribution in [2.45, 2.75) is 37.4 Å². The maximum absolute atomic E-state index is 13.4. The van der Waals surface area contributed by atoms with Crippen molar-refractivity contribution in [3.05, 3.63) is 75.0 Å². The van der Waals surface area contributed by atoms with E-state index in [-0.39, 0.29) is 67.9 Å². The Labute approximate surface area is 261 Å². The molecule has 2 aromatic heterocycles. The van der Waals surface area contributed by atoms with E-state index in [1.165, 1.54) is 52.6 Å². The molecule has 2 aliphatic heterocycles. The number of aromatic amines is 1. The second kappa shape index (κ2) is 14.8. The number of hydrogen-bond donors (Lipinski definition) is 4. The number of hydrogen-bond acceptors (Lipinski definition) is 13. The van der Waals surface area contributed by atoms with Gasteiger partial charge in [-0.25, -0.2) is 19.4 Å². The molecule has 4 heterocycles. The number of aliphatic hydroxyl groups excluding tert-OH is 1. The number of nitrogens with two attached hydrogens (primary N) is 1. The Bertz CT molecular complexity index is 1670. The molecule has 0 bridgehead atoms. The van der Waals surface area contributed by atoms with E-state index in [0.29, 0.717) is 5.56 Å². The van der Waals surface area contributed by atoms with Gasteiger partial charge in [0.25, 0.3) is 11.5 Å². The van der Waals surface area contributed by atoms with E-state index in [9.17, 15) is 24.3 Å². The number of imidazole rings is 1. The predicted octanol–water partition coefficient (Wildman–Crippen LogP) is -0.559. The van der Waals surface area contributed by atoms with Crippen LogP contribution in [0.5, 0.6) is 0 Å². The van der Waals surface area contributed by atoms with Gasteiger partial charge in [-0.3, -0.25) is 18.7 Å². The first-order chi connectivity index (χ1) is 22.3. The van der Waals surface area contributed by atoms with Gasteiger partial charge in [-0.1, -0.05) is 6.08 Å². The average molecular weight is 646 g/mol. The van der Waals surface area contributed by atoms with Gasteiger partial charge < -0.3 is 44.8 Å². The summed E-state index contributed by atoms with van der Waals surface area (Å²) < 4.78 is 31.1. The van der Waals surface area contributed by atoms with E-state index in [1.807, 2.05) is 0 Å². The molecule has 2 saturated heterocycles. The number of nitrogens with one attached hydrogen (secondary N) is 2. The zero-order valence-electron chi connectivity index (χ0n) is 24.9. The summed E-state index contributed by atoms with van der Waals surface area (Å²) in [6.45, 7) is 3.40. The van der Waals surface area contributed by atoms with Gasteiger partial charge in [-0.05, 0) is 24.3 Å². The largest absolute Gasteiger partial charge is 0.460 e. The smallest absolute Gasteiger partial charge is 0.338 e. The third-order valence-electron chi connectivity index (χ3n) is 7.28. The Hall–Kier alpha value is -4.36. The summed E-state index contributed by atoms with van der Waals surface area (Å²) in [5, 5.41) is 12.4. The van der Waals surface area contributed by atoms with E-state index in [4.69, 9.17) is 39.2 Å². The number of esters is 1. The molecule has 248 valence electrons. The molecule has 1 amide bonds. The minimum Gasteiger partial charge on any atom is -0.460 e. The maximum atomic E-state index is 13.4. The van der Waals surface area contributed by atoms with Crippen LogP contribution in [0.15, 0.2) is 52.6 Å². The lowest BCUT2D eigenvalue weighted by atomic mass is 10.1. The number of pyridine rings is 1. The highest BCUT2D eigenvalue weighted by Gasteiger charge is 2.54. The molecule has 2 aliphatic rings. The molecule has 0 spiro atoms. The van der Waals surface area contributed by atoms with Gasteiger partial charge >= 0.3 is 11.7 Å². The van der Waals surface area contributed by atoms with Gasteiger partial charge in [-0.15, -0.1) is 6.58 Å².